The molecular formula is C21H28BN5O3. The van der Waals surface area contributed by atoms with Gasteiger partial charge in [-0.2, -0.15) is 0 Å². The number of hydrogen-bond donors (Lipinski definition) is 4. The fourth-order valence-corrected chi connectivity index (χ4v) is 3.37. The maximum absolute atomic E-state index is 12.4. The van der Waals surface area contributed by atoms with Gasteiger partial charge < -0.3 is 15.4 Å². The number of nitrogens with zero attached hydrogens (tertiary/aromatic N) is 3. The molecule has 3 rings (SSSR count). The molecule has 30 heavy (non-hydrogen) atoms. The van der Waals surface area contributed by atoms with E-state index in [-0.39, 0.29) is 12.3 Å². The summed E-state index contributed by atoms with van der Waals surface area (Å²) in [7, 11) is 0.258. The molecule has 2 aromatic rings. The molecule has 8 nitrogen and oxygen atoms in total. The highest BCUT2D eigenvalue weighted by molar-refractivity contribution is 6.43. The molecule has 158 valence electrons. The molecule has 9 heteroatoms. The number of hydrogen-bond acceptors (Lipinski definition) is 7. The Morgan fingerprint density at radius 1 is 1.27 bits per heavy atom. The Hall–Kier alpha value is -2.88. The summed E-state index contributed by atoms with van der Waals surface area (Å²) in [6.45, 7) is 2.50. The first-order valence-electron chi connectivity index (χ1n) is 10.1. The molecule has 0 radical (unpaired) electrons. The minimum atomic E-state index is -1.63. The monoisotopic (exact) mass is 409 g/mol. The van der Waals surface area contributed by atoms with Gasteiger partial charge in [0.15, 0.2) is 0 Å². The maximum atomic E-state index is 12.4. The molecule has 0 spiro atoms. The summed E-state index contributed by atoms with van der Waals surface area (Å²) in [6.07, 6.45) is 6.88. The molecule has 1 amide bonds. The average molecular weight is 409 g/mol. The van der Waals surface area contributed by atoms with Crippen molar-refractivity contribution in [2.24, 2.45) is 0 Å². The number of benzene rings is 1. The van der Waals surface area contributed by atoms with E-state index in [0.717, 1.165) is 23.2 Å². The van der Waals surface area contributed by atoms with Crippen molar-refractivity contribution in [1.29, 1.82) is 0 Å². The van der Waals surface area contributed by atoms with Crippen molar-refractivity contribution in [3.05, 3.63) is 71.7 Å². The van der Waals surface area contributed by atoms with E-state index in [2.05, 4.69) is 22.8 Å². The SMILES string of the molecule is CCc1cccc(CC(NC(=O)CCN2C=C(c3cccnc3)N(C)N2)B(O)O)c1. The molecule has 0 aliphatic carbocycles. The fourth-order valence-electron chi connectivity index (χ4n) is 3.37. The Morgan fingerprint density at radius 3 is 2.77 bits per heavy atom. The fraction of sp³-hybridized carbons (Fsp3) is 0.333. The highest BCUT2D eigenvalue weighted by atomic mass is 16.4. The van der Waals surface area contributed by atoms with Crippen molar-refractivity contribution in [2.45, 2.75) is 32.1 Å². The molecule has 1 unspecified atom stereocenters. The first-order chi connectivity index (χ1) is 14.5. The van der Waals surface area contributed by atoms with Crippen LogP contribution in [0.5, 0.6) is 0 Å². The normalized spacial score (nSPS) is 14.5. The highest BCUT2D eigenvalue weighted by Crippen LogP contribution is 2.20. The smallest absolute Gasteiger partial charge is 0.426 e. The van der Waals surface area contributed by atoms with Crippen LogP contribution >= 0.6 is 0 Å². The summed E-state index contributed by atoms with van der Waals surface area (Å²) < 4.78 is 0. The number of nitrogens with one attached hydrogen (secondary N) is 2. The number of carbonyl (C=O) groups is 1. The first kappa shape index (κ1) is 21.8. The third kappa shape index (κ3) is 5.82. The van der Waals surface area contributed by atoms with Crippen LogP contribution in [0.3, 0.4) is 0 Å². The predicted octanol–water partition coefficient (Wildman–Crippen LogP) is 0.739. The van der Waals surface area contributed by atoms with Crippen LogP contribution in [0.4, 0.5) is 0 Å². The number of pyridine rings is 1. The van der Waals surface area contributed by atoms with E-state index in [0.29, 0.717) is 13.0 Å². The molecule has 1 aliphatic heterocycles. The van der Waals surface area contributed by atoms with Crippen LogP contribution in [0.15, 0.2) is 55.0 Å². The van der Waals surface area contributed by atoms with E-state index in [4.69, 9.17) is 0 Å². The second-order valence-electron chi connectivity index (χ2n) is 7.32. The van der Waals surface area contributed by atoms with Gasteiger partial charge in [0.2, 0.25) is 5.91 Å². The van der Waals surface area contributed by atoms with E-state index in [1.165, 1.54) is 5.56 Å². The third-order valence-electron chi connectivity index (χ3n) is 5.02. The Balaban J connectivity index is 1.54. The minimum absolute atomic E-state index is 0.204. The molecule has 2 heterocycles. The summed E-state index contributed by atoms with van der Waals surface area (Å²) in [5, 5.41) is 25.9. The Kier molecular flexibility index (Phi) is 7.45. The lowest BCUT2D eigenvalue weighted by atomic mass is 9.75. The topological polar surface area (TPSA) is 101 Å². The van der Waals surface area contributed by atoms with E-state index >= 15 is 0 Å². The van der Waals surface area contributed by atoms with Gasteiger partial charge in [0.25, 0.3) is 0 Å². The molecule has 1 atom stereocenters. The third-order valence-corrected chi connectivity index (χ3v) is 5.02. The van der Waals surface area contributed by atoms with Crippen LogP contribution in [0.2, 0.25) is 0 Å². The number of aromatic nitrogens is 1. The van der Waals surface area contributed by atoms with Gasteiger partial charge in [-0.1, -0.05) is 31.2 Å². The summed E-state index contributed by atoms with van der Waals surface area (Å²) in [5.74, 6) is -1.01. The molecule has 1 aromatic carbocycles. The van der Waals surface area contributed by atoms with Crippen LogP contribution in [-0.2, 0) is 17.6 Å². The van der Waals surface area contributed by atoms with Crippen molar-refractivity contribution >= 4 is 18.7 Å². The summed E-state index contributed by atoms with van der Waals surface area (Å²) in [5.41, 5.74) is 7.20. The quantitative estimate of drug-likeness (QED) is 0.454. The maximum Gasteiger partial charge on any atom is 0.475 e. The second kappa shape index (κ2) is 10.2. The lowest BCUT2D eigenvalue weighted by Gasteiger charge is -2.22. The average Bonchev–Trinajstić information content (AvgIpc) is 3.13. The molecule has 0 saturated carbocycles. The number of amides is 1. The number of rotatable bonds is 9. The van der Waals surface area contributed by atoms with Crippen molar-refractivity contribution in [1.82, 2.24) is 25.9 Å². The Labute approximate surface area is 177 Å². The number of hydrazine groups is 2. The van der Waals surface area contributed by atoms with Crippen LogP contribution in [0.25, 0.3) is 5.70 Å². The van der Waals surface area contributed by atoms with Gasteiger partial charge in [0, 0.05) is 44.2 Å². The Morgan fingerprint density at radius 2 is 2.07 bits per heavy atom. The van der Waals surface area contributed by atoms with E-state index in [1.54, 1.807) is 12.4 Å². The molecule has 1 aromatic heterocycles. The van der Waals surface area contributed by atoms with Crippen molar-refractivity contribution in [3.8, 4) is 0 Å². The zero-order valence-electron chi connectivity index (χ0n) is 17.3. The van der Waals surface area contributed by atoms with Crippen molar-refractivity contribution in [2.75, 3.05) is 13.6 Å². The van der Waals surface area contributed by atoms with Crippen LogP contribution in [0, 0.1) is 0 Å². The van der Waals surface area contributed by atoms with Gasteiger partial charge in [0.1, 0.15) is 0 Å². The lowest BCUT2D eigenvalue weighted by molar-refractivity contribution is -0.121. The van der Waals surface area contributed by atoms with Gasteiger partial charge in [0.05, 0.1) is 11.6 Å². The van der Waals surface area contributed by atoms with Crippen LogP contribution in [-0.4, -0.2) is 57.6 Å². The summed E-state index contributed by atoms with van der Waals surface area (Å²) >= 11 is 0. The van der Waals surface area contributed by atoms with Gasteiger partial charge in [-0.3, -0.25) is 19.8 Å². The van der Waals surface area contributed by atoms with Crippen LogP contribution < -0.4 is 10.9 Å². The molecule has 1 aliphatic rings. The van der Waals surface area contributed by atoms with Gasteiger partial charge in [-0.05, 0) is 36.1 Å². The van der Waals surface area contributed by atoms with Crippen molar-refractivity contribution < 1.29 is 14.8 Å². The van der Waals surface area contributed by atoms with Gasteiger partial charge >= 0.3 is 7.12 Å². The van der Waals surface area contributed by atoms with Crippen LogP contribution in [0.1, 0.15) is 30.0 Å². The van der Waals surface area contributed by atoms with E-state index < -0.39 is 13.1 Å². The standard InChI is InChI=1S/C21H28BN5O3/c1-3-16-6-4-7-17(12-16)13-20(22(29)30)24-21(28)9-11-27-15-19(26(2)25-27)18-8-5-10-23-14-18/h4-8,10,12,14-15,20,25,29-30H,3,9,11,13H2,1-2H3,(H,24,28). The van der Waals surface area contributed by atoms with E-state index in [9.17, 15) is 14.8 Å². The molecule has 0 fully saturated rings. The van der Waals surface area contributed by atoms with Gasteiger partial charge in [-0.15, -0.1) is 5.53 Å². The number of carbonyl (C=O) groups excluding carboxylic acids is 1. The largest absolute Gasteiger partial charge is 0.475 e. The molecule has 0 saturated heterocycles. The Bertz CT molecular complexity index is 878. The molecule has 4 N–H and O–H groups in total. The van der Waals surface area contributed by atoms with E-state index in [1.807, 2.05) is 59.7 Å². The minimum Gasteiger partial charge on any atom is -0.426 e. The second-order valence-corrected chi connectivity index (χ2v) is 7.32. The summed E-state index contributed by atoms with van der Waals surface area (Å²) in [4.78, 5) is 16.6. The molecule has 0 bridgehead atoms. The summed E-state index contributed by atoms with van der Waals surface area (Å²) in [6, 6.07) is 11.8. The highest BCUT2D eigenvalue weighted by Gasteiger charge is 2.26. The zero-order chi connectivity index (χ0) is 21.5. The number of aryl methyl sites for hydroxylation is 1. The van der Waals surface area contributed by atoms with Crippen molar-refractivity contribution in [3.63, 3.8) is 0 Å². The van der Waals surface area contributed by atoms with Gasteiger partial charge in [-0.25, -0.2) is 0 Å². The zero-order valence-corrected chi connectivity index (χ0v) is 17.3. The molecular weight excluding hydrogens is 381 g/mol. The predicted molar refractivity (Wildman–Crippen MR) is 116 cm³/mol. The first-order valence-corrected chi connectivity index (χ1v) is 10.1. The lowest BCUT2D eigenvalue weighted by Crippen LogP contribution is -2.48.